The van der Waals surface area contributed by atoms with E-state index < -0.39 is 0 Å². The molecule has 0 saturated heterocycles. The molecule has 3 amide bonds. The predicted octanol–water partition coefficient (Wildman–Crippen LogP) is 3.82. The summed E-state index contributed by atoms with van der Waals surface area (Å²) in [5.74, 6) is -0.799. The lowest BCUT2D eigenvalue weighted by atomic mass is 9.96. The first-order chi connectivity index (χ1) is 13.6. The zero-order valence-electron chi connectivity index (χ0n) is 15.0. The third kappa shape index (κ3) is 2.47. The molecule has 2 aliphatic heterocycles. The smallest absolute Gasteiger partial charge is 0.261 e. The summed E-state index contributed by atoms with van der Waals surface area (Å²) in [6.45, 7) is 0.624. The van der Waals surface area contributed by atoms with Crippen LogP contribution in [0.5, 0.6) is 0 Å². The van der Waals surface area contributed by atoms with Crippen LogP contribution in [0.2, 0.25) is 0 Å². The van der Waals surface area contributed by atoms with Gasteiger partial charge >= 0.3 is 0 Å². The van der Waals surface area contributed by atoms with Crippen molar-refractivity contribution >= 4 is 40.4 Å². The second-order valence-electron chi connectivity index (χ2n) is 6.90. The van der Waals surface area contributed by atoms with Crippen LogP contribution in [0.1, 0.15) is 52.4 Å². The van der Waals surface area contributed by atoms with Gasteiger partial charge in [-0.1, -0.05) is 6.07 Å². The Morgan fingerprint density at radius 3 is 2.64 bits per heavy atom. The number of thiophene rings is 2. The molecule has 0 N–H and O–H groups in total. The first-order valence-corrected chi connectivity index (χ1v) is 10.7. The lowest BCUT2D eigenvalue weighted by Crippen LogP contribution is -2.39. The monoisotopic (exact) mass is 408 g/mol. The minimum absolute atomic E-state index is 0.115. The van der Waals surface area contributed by atoms with Crippen molar-refractivity contribution in [3.63, 3.8) is 0 Å². The summed E-state index contributed by atoms with van der Waals surface area (Å²) in [5.41, 5.74) is 2.28. The van der Waals surface area contributed by atoms with E-state index >= 15 is 0 Å². The van der Waals surface area contributed by atoms with Gasteiger partial charge in [0.05, 0.1) is 17.2 Å². The lowest BCUT2D eigenvalue weighted by Gasteiger charge is -2.35. The van der Waals surface area contributed by atoms with E-state index in [0.717, 1.165) is 16.2 Å². The molecule has 0 radical (unpaired) electrons. The maximum absolute atomic E-state index is 13.4. The van der Waals surface area contributed by atoms with Gasteiger partial charge in [0, 0.05) is 28.9 Å². The Balaban J connectivity index is 1.55. The molecule has 0 aliphatic carbocycles. The fourth-order valence-corrected chi connectivity index (χ4v) is 5.71. The SMILES string of the molecule is CN1C(=O)c2ccc(C(=O)N3CCc4sccc4[C@@H]3c3cccs3)cc2C1=O. The zero-order chi connectivity index (χ0) is 19.4. The Hall–Kier alpha value is -2.77. The van der Waals surface area contributed by atoms with Crippen LogP contribution in [0.25, 0.3) is 0 Å². The summed E-state index contributed by atoms with van der Waals surface area (Å²) in [7, 11) is 1.46. The molecule has 7 heteroatoms. The van der Waals surface area contributed by atoms with Gasteiger partial charge in [0.15, 0.2) is 0 Å². The molecule has 140 valence electrons. The second-order valence-corrected chi connectivity index (χ2v) is 8.88. The van der Waals surface area contributed by atoms with E-state index in [1.807, 2.05) is 16.3 Å². The average Bonchev–Trinajstić information content (AvgIpc) is 3.45. The van der Waals surface area contributed by atoms with Crippen molar-refractivity contribution in [1.29, 1.82) is 0 Å². The number of imide groups is 1. The molecule has 2 aromatic heterocycles. The summed E-state index contributed by atoms with van der Waals surface area (Å²) in [5, 5.41) is 4.10. The fraction of sp³-hybridized carbons (Fsp3) is 0.190. The van der Waals surface area contributed by atoms with E-state index in [2.05, 4.69) is 17.5 Å². The number of amides is 3. The molecular weight excluding hydrogens is 392 g/mol. The zero-order valence-corrected chi connectivity index (χ0v) is 16.7. The highest BCUT2D eigenvalue weighted by atomic mass is 32.1. The van der Waals surface area contributed by atoms with Crippen molar-refractivity contribution < 1.29 is 14.4 Å². The van der Waals surface area contributed by atoms with Crippen LogP contribution >= 0.6 is 22.7 Å². The maximum atomic E-state index is 13.4. The van der Waals surface area contributed by atoms with E-state index in [1.165, 1.54) is 17.5 Å². The molecule has 1 atom stereocenters. The van der Waals surface area contributed by atoms with Gasteiger partial charge in [-0.15, -0.1) is 22.7 Å². The lowest BCUT2D eigenvalue weighted by molar-refractivity contribution is 0.0688. The topological polar surface area (TPSA) is 57.7 Å². The van der Waals surface area contributed by atoms with Crippen LogP contribution in [-0.4, -0.2) is 41.1 Å². The Bertz CT molecular complexity index is 1120. The molecular formula is C21H16N2O3S2. The number of fused-ring (bicyclic) bond motifs is 2. The highest BCUT2D eigenvalue weighted by Crippen LogP contribution is 2.40. The Morgan fingerprint density at radius 1 is 1.04 bits per heavy atom. The van der Waals surface area contributed by atoms with Gasteiger partial charge in [-0.05, 0) is 53.1 Å². The Morgan fingerprint density at radius 2 is 1.86 bits per heavy atom. The summed E-state index contributed by atoms with van der Waals surface area (Å²) >= 11 is 3.37. The highest BCUT2D eigenvalue weighted by Gasteiger charge is 2.36. The second kappa shape index (κ2) is 6.39. The third-order valence-corrected chi connectivity index (χ3v) is 7.30. The molecule has 4 heterocycles. The summed E-state index contributed by atoms with van der Waals surface area (Å²) in [6.07, 6.45) is 0.825. The van der Waals surface area contributed by atoms with Crippen molar-refractivity contribution in [3.05, 3.63) is 79.2 Å². The first kappa shape index (κ1) is 17.3. The van der Waals surface area contributed by atoms with Crippen LogP contribution in [0.4, 0.5) is 0 Å². The molecule has 0 spiro atoms. The quantitative estimate of drug-likeness (QED) is 0.606. The van der Waals surface area contributed by atoms with Gasteiger partial charge in [-0.25, -0.2) is 0 Å². The van der Waals surface area contributed by atoms with Crippen LogP contribution in [0.3, 0.4) is 0 Å². The number of hydrogen-bond acceptors (Lipinski definition) is 5. The van der Waals surface area contributed by atoms with E-state index in [-0.39, 0.29) is 23.8 Å². The number of carbonyl (C=O) groups is 3. The van der Waals surface area contributed by atoms with Gasteiger partial charge in [0.2, 0.25) is 0 Å². The molecule has 28 heavy (non-hydrogen) atoms. The van der Waals surface area contributed by atoms with Gasteiger partial charge < -0.3 is 4.90 Å². The van der Waals surface area contributed by atoms with Gasteiger partial charge in [0.25, 0.3) is 17.7 Å². The molecule has 5 nitrogen and oxygen atoms in total. The van der Waals surface area contributed by atoms with Crippen LogP contribution in [0.15, 0.2) is 47.2 Å². The minimum atomic E-state index is -0.358. The predicted molar refractivity (Wildman–Crippen MR) is 108 cm³/mol. The molecule has 0 saturated carbocycles. The standard InChI is InChI=1S/C21H16N2O3S2/c1-22-20(25)13-5-4-12(11-15(13)21(22)26)19(24)23-8-6-16-14(7-10-28-16)18(23)17-3-2-9-27-17/h2-5,7,9-11,18H,6,8H2,1H3/t18-/m1/s1. The van der Waals surface area contributed by atoms with Gasteiger partial charge in [-0.2, -0.15) is 0 Å². The van der Waals surface area contributed by atoms with E-state index in [1.54, 1.807) is 40.9 Å². The normalized spacial score (nSPS) is 18.4. The fourth-order valence-electron chi connectivity index (χ4n) is 3.95. The average molecular weight is 409 g/mol. The molecule has 5 rings (SSSR count). The van der Waals surface area contributed by atoms with Gasteiger partial charge in [0.1, 0.15) is 0 Å². The molecule has 3 aromatic rings. The third-order valence-electron chi connectivity index (χ3n) is 5.38. The Kier molecular flexibility index (Phi) is 3.96. The highest BCUT2D eigenvalue weighted by molar-refractivity contribution is 7.10. The molecule has 0 fully saturated rings. The van der Waals surface area contributed by atoms with Crippen molar-refractivity contribution in [1.82, 2.24) is 9.80 Å². The number of rotatable bonds is 2. The molecule has 0 unspecified atom stereocenters. The van der Waals surface area contributed by atoms with E-state index in [9.17, 15) is 14.4 Å². The summed E-state index contributed by atoms with van der Waals surface area (Å²) in [4.78, 5) is 43.3. The van der Waals surface area contributed by atoms with Crippen LogP contribution < -0.4 is 0 Å². The number of nitrogens with zero attached hydrogens (tertiary/aromatic N) is 2. The largest absolute Gasteiger partial charge is 0.326 e. The minimum Gasteiger partial charge on any atom is -0.326 e. The first-order valence-electron chi connectivity index (χ1n) is 8.93. The Labute approximate surface area is 169 Å². The van der Waals surface area contributed by atoms with Crippen LogP contribution in [0, 0.1) is 0 Å². The number of carbonyl (C=O) groups excluding carboxylic acids is 3. The van der Waals surface area contributed by atoms with Crippen molar-refractivity contribution in [3.8, 4) is 0 Å². The summed E-state index contributed by atoms with van der Waals surface area (Å²) < 4.78 is 0. The van der Waals surface area contributed by atoms with E-state index in [4.69, 9.17) is 0 Å². The van der Waals surface area contributed by atoms with Crippen molar-refractivity contribution in [2.45, 2.75) is 12.5 Å². The molecule has 1 aromatic carbocycles. The maximum Gasteiger partial charge on any atom is 0.261 e. The van der Waals surface area contributed by atoms with Crippen LogP contribution in [-0.2, 0) is 6.42 Å². The summed E-state index contributed by atoms with van der Waals surface area (Å²) in [6, 6.07) is 10.9. The van der Waals surface area contributed by atoms with E-state index in [0.29, 0.717) is 23.2 Å². The number of benzene rings is 1. The molecule has 0 bridgehead atoms. The van der Waals surface area contributed by atoms with Crippen molar-refractivity contribution in [2.24, 2.45) is 0 Å². The van der Waals surface area contributed by atoms with Gasteiger partial charge in [-0.3, -0.25) is 19.3 Å². The van der Waals surface area contributed by atoms with Crippen molar-refractivity contribution in [2.75, 3.05) is 13.6 Å². The number of hydrogen-bond donors (Lipinski definition) is 0. The molecule has 2 aliphatic rings.